The van der Waals surface area contributed by atoms with E-state index in [2.05, 4.69) is 0 Å². The first-order chi connectivity index (χ1) is 7.56. The Morgan fingerprint density at radius 1 is 1.31 bits per heavy atom. The van der Waals surface area contributed by atoms with Crippen molar-refractivity contribution in [3.63, 3.8) is 0 Å². The SMILES string of the molecule is O=C(O)c1cc(F)c(F)cc1C=CCCO. The Labute approximate surface area is 90.6 Å². The molecule has 0 unspecified atom stereocenters. The maximum Gasteiger partial charge on any atom is 0.336 e. The van der Waals surface area contributed by atoms with Gasteiger partial charge in [0.1, 0.15) is 0 Å². The number of aliphatic hydroxyl groups excluding tert-OH is 1. The van der Waals surface area contributed by atoms with Crippen molar-refractivity contribution in [1.29, 1.82) is 0 Å². The lowest BCUT2D eigenvalue weighted by Gasteiger charge is -2.02. The van der Waals surface area contributed by atoms with Gasteiger partial charge in [0.05, 0.1) is 5.56 Å². The molecular weight excluding hydrogens is 218 g/mol. The Morgan fingerprint density at radius 3 is 2.50 bits per heavy atom. The number of halogens is 2. The first-order valence-corrected chi connectivity index (χ1v) is 4.56. The molecule has 1 aromatic rings. The van der Waals surface area contributed by atoms with Gasteiger partial charge in [0.25, 0.3) is 0 Å². The van der Waals surface area contributed by atoms with Crippen LogP contribution in [-0.4, -0.2) is 22.8 Å². The van der Waals surface area contributed by atoms with Gasteiger partial charge < -0.3 is 10.2 Å². The fourth-order valence-electron chi connectivity index (χ4n) is 1.17. The maximum atomic E-state index is 12.9. The van der Waals surface area contributed by atoms with Gasteiger partial charge in [-0.15, -0.1) is 0 Å². The van der Waals surface area contributed by atoms with Crippen molar-refractivity contribution < 1.29 is 23.8 Å². The first-order valence-electron chi connectivity index (χ1n) is 4.56. The number of carboxylic acids is 1. The molecule has 0 aliphatic heterocycles. The molecule has 0 bridgehead atoms. The van der Waals surface area contributed by atoms with Gasteiger partial charge in [0.2, 0.25) is 0 Å². The highest BCUT2D eigenvalue weighted by molar-refractivity contribution is 5.92. The predicted octanol–water partition coefficient (Wildman–Crippen LogP) is 2.06. The van der Waals surface area contributed by atoms with E-state index >= 15 is 0 Å². The molecule has 0 heterocycles. The molecule has 0 fully saturated rings. The second-order valence-electron chi connectivity index (χ2n) is 3.07. The fraction of sp³-hybridized carbons (Fsp3) is 0.182. The van der Waals surface area contributed by atoms with E-state index in [-0.39, 0.29) is 17.7 Å². The summed E-state index contributed by atoms with van der Waals surface area (Å²) in [4.78, 5) is 10.7. The molecule has 0 atom stereocenters. The number of hydrogen-bond donors (Lipinski definition) is 2. The number of rotatable bonds is 4. The summed E-state index contributed by atoms with van der Waals surface area (Å²) in [5, 5.41) is 17.3. The Kier molecular flexibility index (Phi) is 4.13. The molecule has 0 spiro atoms. The minimum Gasteiger partial charge on any atom is -0.478 e. The summed E-state index contributed by atoms with van der Waals surface area (Å²) in [7, 11) is 0. The van der Waals surface area contributed by atoms with E-state index in [9.17, 15) is 13.6 Å². The van der Waals surface area contributed by atoms with Crippen LogP contribution in [0.25, 0.3) is 6.08 Å². The third kappa shape index (κ3) is 2.87. The Hall–Kier alpha value is -1.75. The maximum absolute atomic E-state index is 12.9. The van der Waals surface area contributed by atoms with E-state index in [1.807, 2.05) is 0 Å². The summed E-state index contributed by atoms with van der Waals surface area (Å²) >= 11 is 0. The molecule has 1 aromatic carbocycles. The summed E-state index contributed by atoms with van der Waals surface area (Å²) in [5.74, 6) is -3.63. The van der Waals surface area contributed by atoms with Crippen molar-refractivity contribution in [3.8, 4) is 0 Å². The van der Waals surface area contributed by atoms with Crippen molar-refractivity contribution in [2.24, 2.45) is 0 Å². The molecule has 0 aromatic heterocycles. The zero-order valence-corrected chi connectivity index (χ0v) is 8.28. The van der Waals surface area contributed by atoms with Crippen LogP contribution >= 0.6 is 0 Å². The second kappa shape index (κ2) is 5.37. The highest BCUT2D eigenvalue weighted by Gasteiger charge is 2.13. The zero-order valence-electron chi connectivity index (χ0n) is 8.28. The average Bonchev–Trinajstić information content (AvgIpc) is 2.23. The number of hydrogen-bond acceptors (Lipinski definition) is 2. The molecule has 0 aliphatic carbocycles. The number of carbonyl (C=O) groups is 1. The number of benzene rings is 1. The van der Waals surface area contributed by atoms with E-state index in [1.165, 1.54) is 12.2 Å². The van der Waals surface area contributed by atoms with Crippen molar-refractivity contribution >= 4 is 12.0 Å². The molecule has 2 N–H and O–H groups in total. The first kappa shape index (κ1) is 12.3. The molecule has 1 rings (SSSR count). The Balaban J connectivity index is 3.14. The molecule has 0 saturated carbocycles. The second-order valence-corrected chi connectivity index (χ2v) is 3.07. The van der Waals surface area contributed by atoms with E-state index in [1.54, 1.807) is 0 Å². The number of aliphatic hydroxyl groups is 1. The van der Waals surface area contributed by atoms with Crippen LogP contribution < -0.4 is 0 Å². The van der Waals surface area contributed by atoms with Crippen LogP contribution in [0.3, 0.4) is 0 Å². The number of carboxylic acid groups (broad SMARTS) is 1. The highest BCUT2D eigenvalue weighted by atomic mass is 19.2. The minimum atomic E-state index is -1.33. The van der Waals surface area contributed by atoms with Crippen LogP contribution in [0.4, 0.5) is 8.78 Å². The largest absolute Gasteiger partial charge is 0.478 e. The summed E-state index contributed by atoms with van der Waals surface area (Å²) in [6.45, 7) is -0.0947. The average molecular weight is 228 g/mol. The third-order valence-electron chi connectivity index (χ3n) is 1.92. The van der Waals surface area contributed by atoms with Crippen molar-refractivity contribution in [2.45, 2.75) is 6.42 Å². The van der Waals surface area contributed by atoms with Gasteiger partial charge in [-0.1, -0.05) is 12.2 Å². The lowest BCUT2D eigenvalue weighted by atomic mass is 10.1. The van der Waals surface area contributed by atoms with Crippen molar-refractivity contribution in [3.05, 3.63) is 41.0 Å². The van der Waals surface area contributed by atoms with Crippen LogP contribution in [-0.2, 0) is 0 Å². The van der Waals surface area contributed by atoms with Crippen LogP contribution in [0.1, 0.15) is 22.3 Å². The van der Waals surface area contributed by atoms with Crippen molar-refractivity contribution in [2.75, 3.05) is 6.61 Å². The van der Waals surface area contributed by atoms with Gasteiger partial charge in [-0.05, 0) is 24.1 Å². The third-order valence-corrected chi connectivity index (χ3v) is 1.92. The Bertz CT molecular complexity index is 427. The smallest absolute Gasteiger partial charge is 0.336 e. The zero-order chi connectivity index (χ0) is 12.1. The van der Waals surface area contributed by atoms with Crippen LogP contribution in [0, 0.1) is 11.6 Å². The van der Waals surface area contributed by atoms with Crippen LogP contribution in [0.15, 0.2) is 18.2 Å². The standard InChI is InChI=1S/C11H10F2O3/c12-9-5-7(3-1-2-4-14)8(11(15)16)6-10(9)13/h1,3,5-6,14H,2,4H2,(H,15,16). The summed E-state index contributed by atoms with van der Waals surface area (Å²) in [6, 6.07) is 1.45. The predicted molar refractivity (Wildman–Crippen MR) is 54.1 cm³/mol. The molecule has 86 valence electrons. The molecule has 0 radical (unpaired) electrons. The van der Waals surface area contributed by atoms with Gasteiger partial charge in [-0.3, -0.25) is 0 Å². The quantitative estimate of drug-likeness (QED) is 0.829. The van der Waals surface area contributed by atoms with E-state index in [0.29, 0.717) is 12.5 Å². The fourth-order valence-corrected chi connectivity index (χ4v) is 1.17. The van der Waals surface area contributed by atoms with Gasteiger partial charge in [-0.2, -0.15) is 0 Å². The van der Waals surface area contributed by atoms with Gasteiger partial charge in [0.15, 0.2) is 11.6 Å². The number of aromatic carboxylic acids is 1. The molecule has 0 saturated heterocycles. The van der Waals surface area contributed by atoms with Crippen molar-refractivity contribution in [1.82, 2.24) is 0 Å². The molecule has 0 amide bonds. The van der Waals surface area contributed by atoms with E-state index < -0.39 is 17.6 Å². The molecular formula is C11H10F2O3. The minimum absolute atomic E-state index is 0.0693. The summed E-state index contributed by atoms with van der Waals surface area (Å²) in [6.07, 6.45) is 3.14. The van der Waals surface area contributed by atoms with Crippen LogP contribution in [0.5, 0.6) is 0 Å². The summed E-state index contributed by atoms with van der Waals surface area (Å²) in [5.41, 5.74) is -0.243. The van der Waals surface area contributed by atoms with Gasteiger partial charge in [-0.25, -0.2) is 13.6 Å². The lowest BCUT2D eigenvalue weighted by Crippen LogP contribution is -2.02. The molecule has 5 heteroatoms. The molecule has 3 nitrogen and oxygen atoms in total. The highest BCUT2D eigenvalue weighted by Crippen LogP contribution is 2.17. The van der Waals surface area contributed by atoms with Gasteiger partial charge in [0, 0.05) is 6.61 Å². The van der Waals surface area contributed by atoms with E-state index in [0.717, 1.165) is 6.07 Å². The van der Waals surface area contributed by atoms with Crippen LogP contribution in [0.2, 0.25) is 0 Å². The Morgan fingerprint density at radius 2 is 1.94 bits per heavy atom. The molecule has 0 aliphatic rings. The van der Waals surface area contributed by atoms with Gasteiger partial charge >= 0.3 is 5.97 Å². The summed E-state index contributed by atoms with van der Waals surface area (Å²) < 4.78 is 25.7. The lowest BCUT2D eigenvalue weighted by molar-refractivity contribution is 0.0696. The monoisotopic (exact) mass is 228 g/mol. The normalized spacial score (nSPS) is 10.9. The van der Waals surface area contributed by atoms with E-state index in [4.69, 9.17) is 10.2 Å². The topological polar surface area (TPSA) is 57.5 Å². The molecule has 16 heavy (non-hydrogen) atoms.